The van der Waals surface area contributed by atoms with Crippen LogP contribution >= 0.6 is 0 Å². The van der Waals surface area contributed by atoms with Crippen molar-refractivity contribution in [2.45, 2.75) is 32.7 Å². The van der Waals surface area contributed by atoms with Gasteiger partial charge in [0.05, 0.1) is 0 Å². The van der Waals surface area contributed by atoms with Crippen LogP contribution in [0.25, 0.3) is 0 Å². The highest BCUT2D eigenvalue weighted by Gasteiger charge is 2.05. The quantitative estimate of drug-likeness (QED) is 0.885. The number of pyridine rings is 1. The number of nitrogens with two attached hydrogens (primary N) is 1. The number of rotatable bonds is 4. The zero-order valence-electron chi connectivity index (χ0n) is 10.8. The van der Waals surface area contributed by atoms with Crippen molar-refractivity contribution in [2.75, 3.05) is 0 Å². The molecule has 2 heterocycles. The Morgan fingerprint density at radius 3 is 2.61 bits per heavy atom. The molecule has 4 nitrogen and oxygen atoms in total. The molecule has 0 aliphatic carbocycles. The molecule has 0 saturated carbocycles. The standard InChI is InChI=1S/C14H18N4/c1-10(15)7-13-8-11(2)17-14(18-13)9-12-3-5-16-6-4-12/h3-6,8,10H,7,9,15H2,1-2H3. The predicted molar refractivity (Wildman–Crippen MR) is 71.2 cm³/mol. The smallest absolute Gasteiger partial charge is 0.133 e. The number of nitrogens with zero attached hydrogens (tertiary/aromatic N) is 3. The van der Waals surface area contributed by atoms with Crippen molar-refractivity contribution < 1.29 is 0 Å². The Hall–Kier alpha value is -1.81. The van der Waals surface area contributed by atoms with Gasteiger partial charge in [-0.2, -0.15) is 0 Å². The highest BCUT2D eigenvalue weighted by Crippen LogP contribution is 2.08. The van der Waals surface area contributed by atoms with Gasteiger partial charge in [0.2, 0.25) is 0 Å². The summed E-state index contributed by atoms with van der Waals surface area (Å²) >= 11 is 0. The van der Waals surface area contributed by atoms with Gasteiger partial charge in [0.1, 0.15) is 5.82 Å². The molecule has 4 heteroatoms. The summed E-state index contributed by atoms with van der Waals surface area (Å²) in [7, 11) is 0. The van der Waals surface area contributed by atoms with E-state index >= 15 is 0 Å². The minimum absolute atomic E-state index is 0.119. The van der Waals surface area contributed by atoms with Crippen LogP contribution in [-0.2, 0) is 12.8 Å². The van der Waals surface area contributed by atoms with E-state index in [1.807, 2.05) is 32.0 Å². The van der Waals surface area contributed by atoms with Gasteiger partial charge in [-0.1, -0.05) is 0 Å². The molecule has 0 amide bonds. The predicted octanol–water partition coefficient (Wildman–Crippen LogP) is 1.66. The lowest BCUT2D eigenvalue weighted by atomic mass is 10.1. The second-order valence-corrected chi connectivity index (χ2v) is 4.63. The third kappa shape index (κ3) is 3.60. The lowest BCUT2D eigenvalue weighted by Crippen LogP contribution is -2.19. The van der Waals surface area contributed by atoms with E-state index in [4.69, 9.17) is 5.73 Å². The molecule has 0 aliphatic rings. The summed E-state index contributed by atoms with van der Waals surface area (Å²) in [5.74, 6) is 0.844. The van der Waals surface area contributed by atoms with Gasteiger partial charge < -0.3 is 5.73 Å². The maximum Gasteiger partial charge on any atom is 0.133 e. The maximum atomic E-state index is 5.81. The lowest BCUT2D eigenvalue weighted by molar-refractivity contribution is 0.711. The van der Waals surface area contributed by atoms with E-state index in [1.54, 1.807) is 12.4 Å². The molecule has 0 aliphatic heterocycles. The Morgan fingerprint density at radius 1 is 1.22 bits per heavy atom. The van der Waals surface area contributed by atoms with Gasteiger partial charge in [-0.15, -0.1) is 0 Å². The second kappa shape index (κ2) is 5.69. The first-order valence-electron chi connectivity index (χ1n) is 6.11. The Bertz CT molecular complexity index is 508. The highest BCUT2D eigenvalue weighted by atomic mass is 14.9. The van der Waals surface area contributed by atoms with E-state index in [2.05, 4.69) is 15.0 Å². The fraction of sp³-hybridized carbons (Fsp3) is 0.357. The summed E-state index contributed by atoms with van der Waals surface area (Å²) in [5.41, 5.74) is 8.98. The van der Waals surface area contributed by atoms with Crippen molar-refractivity contribution in [2.24, 2.45) is 5.73 Å². The van der Waals surface area contributed by atoms with Crippen LogP contribution in [0.2, 0.25) is 0 Å². The Labute approximate surface area is 107 Å². The first-order chi connectivity index (χ1) is 8.63. The van der Waals surface area contributed by atoms with Crippen molar-refractivity contribution in [3.63, 3.8) is 0 Å². The summed E-state index contributed by atoms with van der Waals surface area (Å²) in [6.45, 7) is 3.97. The summed E-state index contributed by atoms with van der Waals surface area (Å²) in [5, 5.41) is 0. The van der Waals surface area contributed by atoms with E-state index in [9.17, 15) is 0 Å². The first-order valence-corrected chi connectivity index (χ1v) is 6.11. The first kappa shape index (κ1) is 12.6. The van der Waals surface area contributed by atoms with Gasteiger partial charge in [0, 0.05) is 42.7 Å². The topological polar surface area (TPSA) is 64.7 Å². The number of hydrogen-bond acceptors (Lipinski definition) is 4. The summed E-state index contributed by atoms with van der Waals surface area (Å²) < 4.78 is 0. The van der Waals surface area contributed by atoms with Crippen LogP contribution in [0, 0.1) is 6.92 Å². The molecule has 2 N–H and O–H groups in total. The molecule has 1 atom stereocenters. The molecule has 0 spiro atoms. The van der Waals surface area contributed by atoms with Crippen LogP contribution in [0.1, 0.15) is 29.7 Å². The van der Waals surface area contributed by atoms with Crippen molar-refractivity contribution in [3.8, 4) is 0 Å². The minimum Gasteiger partial charge on any atom is -0.328 e. The van der Waals surface area contributed by atoms with E-state index in [0.29, 0.717) is 0 Å². The van der Waals surface area contributed by atoms with E-state index in [0.717, 1.165) is 30.1 Å². The number of hydrogen-bond donors (Lipinski definition) is 1. The monoisotopic (exact) mass is 242 g/mol. The summed E-state index contributed by atoms with van der Waals surface area (Å²) in [6, 6.07) is 6.08. The van der Waals surface area contributed by atoms with E-state index in [-0.39, 0.29) is 6.04 Å². The molecule has 0 aromatic carbocycles. The van der Waals surface area contributed by atoms with Gasteiger partial charge in [-0.25, -0.2) is 9.97 Å². The van der Waals surface area contributed by atoms with Crippen LogP contribution in [0.5, 0.6) is 0 Å². The SMILES string of the molecule is Cc1cc(CC(C)N)nc(Cc2ccncc2)n1. The van der Waals surface area contributed by atoms with Crippen LogP contribution in [0.15, 0.2) is 30.6 Å². The molecule has 1 unspecified atom stereocenters. The molecule has 94 valence electrons. The van der Waals surface area contributed by atoms with Crippen LogP contribution in [-0.4, -0.2) is 21.0 Å². The van der Waals surface area contributed by atoms with Gasteiger partial charge in [-0.3, -0.25) is 4.98 Å². The molecule has 0 saturated heterocycles. The molecule has 0 radical (unpaired) electrons. The average Bonchev–Trinajstić information content (AvgIpc) is 2.28. The number of aryl methyl sites for hydroxylation is 1. The fourth-order valence-corrected chi connectivity index (χ4v) is 1.90. The zero-order valence-corrected chi connectivity index (χ0v) is 10.8. The highest BCUT2D eigenvalue weighted by molar-refractivity contribution is 5.18. The second-order valence-electron chi connectivity index (χ2n) is 4.63. The average molecular weight is 242 g/mol. The van der Waals surface area contributed by atoms with Crippen molar-refractivity contribution >= 4 is 0 Å². The summed E-state index contributed by atoms with van der Waals surface area (Å²) in [6.07, 6.45) is 5.09. The third-order valence-electron chi connectivity index (χ3n) is 2.60. The molecule has 0 bridgehead atoms. The van der Waals surface area contributed by atoms with Crippen molar-refractivity contribution in [1.29, 1.82) is 0 Å². The Kier molecular flexibility index (Phi) is 3.99. The van der Waals surface area contributed by atoms with Gasteiger partial charge in [0.25, 0.3) is 0 Å². The molecule has 0 fully saturated rings. The molecular weight excluding hydrogens is 224 g/mol. The van der Waals surface area contributed by atoms with Crippen molar-refractivity contribution in [1.82, 2.24) is 15.0 Å². The number of aromatic nitrogens is 3. The molecule has 2 aromatic heterocycles. The van der Waals surface area contributed by atoms with Gasteiger partial charge in [0.15, 0.2) is 0 Å². The van der Waals surface area contributed by atoms with Crippen LogP contribution < -0.4 is 5.73 Å². The van der Waals surface area contributed by atoms with Crippen molar-refractivity contribution in [3.05, 3.63) is 53.4 Å². The summed E-state index contributed by atoms with van der Waals surface area (Å²) in [4.78, 5) is 13.0. The van der Waals surface area contributed by atoms with Gasteiger partial charge >= 0.3 is 0 Å². The largest absolute Gasteiger partial charge is 0.328 e. The maximum absolute atomic E-state index is 5.81. The Balaban J connectivity index is 2.20. The van der Waals surface area contributed by atoms with Crippen LogP contribution in [0.3, 0.4) is 0 Å². The Morgan fingerprint density at radius 2 is 1.94 bits per heavy atom. The molecular formula is C14H18N4. The normalized spacial score (nSPS) is 12.4. The molecule has 18 heavy (non-hydrogen) atoms. The zero-order chi connectivity index (χ0) is 13.0. The third-order valence-corrected chi connectivity index (χ3v) is 2.60. The lowest BCUT2D eigenvalue weighted by Gasteiger charge is -2.08. The van der Waals surface area contributed by atoms with E-state index < -0.39 is 0 Å². The molecule has 2 aromatic rings. The minimum atomic E-state index is 0.119. The molecule has 2 rings (SSSR count). The van der Waals surface area contributed by atoms with Crippen LogP contribution in [0.4, 0.5) is 0 Å². The fourth-order valence-electron chi connectivity index (χ4n) is 1.90. The van der Waals surface area contributed by atoms with Gasteiger partial charge in [-0.05, 0) is 37.6 Å². The van der Waals surface area contributed by atoms with E-state index in [1.165, 1.54) is 5.56 Å².